The fourth-order valence-corrected chi connectivity index (χ4v) is 3.29. The van der Waals surface area contributed by atoms with Crippen LogP contribution < -0.4 is 20.7 Å². The molecule has 0 saturated heterocycles. The number of hydrogen-bond acceptors (Lipinski definition) is 4. The van der Waals surface area contributed by atoms with Crippen LogP contribution in [0.3, 0.4) is 0 Å². The van der Waals surface area contributed by atoms with Crippen molar-refractivity contribution >= 4 is 5.69 Å². The Bertz CT molecular complexity index is 1130. The molecule has 0 saturated carbocycles. The molecule has 0 unspecified atom stereocenters. The van der Waals surface area contributed by atoms with Crippen molar-refractivity contribution in [2.45, 2.75) is 20.8 Å². The SMILES string of the molecule is COc1ccc(-c2c/c(=N/c3c(C)cc(C)cc3C)n(C)c(=O)[nH]2)cc1OC. The van der Waals surface area contributed by atoms with Crippen molar-refractivity contribution in [2.24, 2.45) is 12.0 Å². The van der Waals surface area contributed by atoms with Crippen LogP contribution in [0.5, 0.6) is 11.5 Å². The average molecular weight is 379 g/mol. The first-order chi connectivity index (χ1) is 13.3. The zero-order valence-electron chi connectivity index (χ0n) is 17.1. The molecule has 3 aromatic rings. The molecule has 1 heterocycles. The molecule has 2 aromatic carbocycles. The van der Waals surface area contributed by atoms with Crippen LogP contribution in [-0.4, -0.2) is 23.8 Å². The van der Waals surface area contributed by atoms with Gasteiger partial charge in [0.1, 0.15) is 5.49 Å². The molecule has 146 valence electrons. The summed E-state index contributed by atoms with van der Waals surface area (Å²) < 4.78 is 12.2. The monoisotopic (exact) mass is 379 g/mol. The summed E-state index contributed by atoms with van der Waals surface area (Å²) in [6.45, 7) is 6.12. The van der Waals surface area contributed by atoms with E-state index in [1.54, 1.807) is 21.3 Å². The lowest BCUT2D eigenvalue weighted by molar-refractivity contribution is 0.355. The van der Waals surface area contributed by atoms with Gasteiger partial charge in [0.25, 0.3) is 0 Å². The van der Waals surface area contributed by atoms with E-state index < -0.39 is 0 Å². The highest BCUT2D eigenvalue weighted by atomic mass is 16.5. The van der Waals surface area contributed by atoms with Crippen LogP contribution >= 0.6 is 0 Å². The number of nitrogens with zero attached hydrogens (tertiary/aromatic N) is 2. The standard InChI is InChI=1S/C22H25N3O3/c1-13-9-14(2)21(15(3)10-13)24-20-12-17(23-22(26)25(20)4)16-7-8-18(27-5)19(11-16)28-6/h7-12H,1-6H3,(H,23,26)/b24-20-. The van der Waals surface area contributed by atoms with Crippen molar-refractivity contribution in [3.05, 3.63) is 69.1 Å². The van der Waals surface area contributed by atoms with Gasteiger partial charge in [-0.15, -0.1) is 0 Å². The first-order valence-electron chi connectivity index (χ1n) is 8.99. The van der Waals surface area contributed by atoms with E-state index in [1.165, 1.54) is 10.1 Å². The predicted molar refractivity (Wildman–Crippen MR) is 110 cm³/mol. The molecule has 0 aliphatic rings. The van der Waals surface area contributed by atoms with E-state index in [0.717, 1.165) is 22.4 Å². The van der Waals surface area contributed by atoms with Gasteiger partial charge in [-0.1, -0.05) is 17.7 Å². The number of hydrogen-bond donors (Lipinski definition) is 1. The Morgan fingerprint density at radius 1 is 0.929 bits per heavy atom. The van der Waals surface area contributed by atoms with E-state index in [-0.39, 0.29) is 5.69 Å². The van der Waals surface area contributed by atoms with Gasteiger partial charge in [-0.05, 0) is 50.1 Å². The lowest BCUT2D eigenvalue weighted by atomic mass is 10.1. The molecule has 0 aliphatic carbocycles. The van der Waals surface area contributed by atoms with Crippen LogP contribution in [-0.2, 0) is 7.05 Å². The van der Waals surface area contributed by atoms with Crippen LogP contribution in [0.25, 0.3) is 11.3 Å². The normalized spacial score (nSPS) is 11.6. The molecule has 1 N–H and O–H groups in total. The topological polar surface area (TPSA) is 68.6 Å². The Kier molecular flexibility index (Phi) is 5.40. The van der Waals surface area contributed by atoms with Gasteiger partial charge in [-0.3, -0.25) is 4.57 Å². The number of aryl methyl sites for hydroxylation is 3. The number of aromatic nitrogens is 2. The van der Waals surface area contributed by atoms with Crippen molar-refractivity contribution < 1.29 is 9.47 Å². The minimum atomic E-state index is -0.242. The number of H-pyrrole nitrogens is 1. The molecular weight excluding hydrogens is 354 g/mol. The Morgan fingerprint density at radius 2 is 1.57 bits per heavy atom. The van der Waals surface area contributed by atoms with E-state index in [2.05, 4.69) is 24.0 Å². The second-order valence-electron chi connectivity index (χ2n) is 6.83. The van der Waals surface area contributed by atoms with E-state index in [9.17, 15) is 4.79 Å². The summed E-state index contributed by atoms with van der Waals surface area (Å²) in [4.78, 5) is 20.2. The summed E-state index contributed by atoms with van der Waals surface area (Å²) in [7, 11) is 4.87. The number of aromatic amines is 1. The third-order valence-corrected chi connectivity index (χ3v) is 4.72. The lowest BCUT2D eigenvalue weighted by Crippen LogP contribution is -2.33. The Balaban J connectivity index is 2.22. The zero-order valence-corrected chi connectivity index (χ0v) is 17.1. The van der Waals surface area contributed by atoms with E-state index in [4.69, 9.17) is 14.5 Å². The second-order valence-corrected chi connectivity index (χ2v) is 6.83. The third-order valence-electron chi connectivity index (χ3n) is 4.72. The van der Waals surface area contributed by atoms with Crippen molar-refractivity contribution in [2.75, 3.05) is 14.2 Å². The van der Waals surface area contributed by atoms with E-state index in [0.29, 0.717) is 22.7 Å². The molecular formula is C22H25N3O3. The fraction of sp³-hybridized carbons (Fsp3) is 0.273. The van der Waals surface area contributed by atoms with Crippen LogP contribution in [0, 0.1) is 20.8 Å². The summed E-state index contributed by atoms with van der Waals surface area (Å²) in [5.41, 5.74) is 6.02. The molecule has 0 amide bonds. The van der Waals surface area contributed by atoms with Gasteiger partial charge >= 0.3 is 5.69 Å². The summed E-state index contributed by atoms with van der Waals surface area (Å²) in [6, 6.07) is 11.6. The highest BCUT2D eigenvalue weighted by Gasteiger charge is 2.09. The lowest BCUT2D eigenvalue weighted by Gasteiger charge is -2.11. The molecule has 28 heavy (non-hydrogen) atoms. The van der Waals surface area contributed by atoms with Crippen molar-refractivity contribution in [3.63, 3.8) is 0 Å². The number of benzene rings is 2. The van der Waals surface area contributed by atoms with Crippen LogP contribution in [0.4, 0.5) is 5.69 Å². The zero-order chi connectivity index (χ0) is 20.4. The summed E-state index contributed by atoms with van der Waals surface area (Å²) in [6.07, 6.45) is 0. The first kappa shape index (κ1) is 19.5. The maximum Gasteiger partial charge on any atom is 0.327 e. The Morgan fingerprint density at radius 3 is 2.18 bits per heavy atom. The van der Waals surface area contributed by atoms with E-state index >= 15 is 0 Å². The van der Waals surface area contributed by atoms with Gasteiger partial charge < -0.3 is 14.5 Å². The van der Waals surface area contributed by atoms with Gasteiger partial charge in [0, 0.05) is 18.7 Å². The summed E-state index contributed by atoms with van der Waals surface area (Å²) >= 11 is 0. The predicted octanol–water partition coefficient (Wildman–Crippen LogP) is 3.56. The molecule has 3 rings (SSSR count). The first-order valence-corrected chi connectivity index (χ1v) is 8.99. The summed E-state index contributed by atoms with van der Waals surface area (Å²) in [5, 5.41) is 0. The van der Waals surface area contributed by atoms with Gasteiger partial charge in [0.15, 0.2) is 11.5 Å². The molecule has 1 aromatic heterocycles. The largest absolute Gasteiger partial charge is 0.493 e. The minimum absolute atomic E-state index is 0.242. The molecule has 0 radical (unpaired) electrons. The molecule has 6 heteroatoms. The second kappa shape index (κ2) is 7.76. The molecule has 0 fully saturated rings. The number of rotatable bonds is 4. The minimum Gasteiger partial charge on any atom is -0.493 e. The van der Waals surface area contributed by atoms with Gasteiger partial charge in [-0.25, -0.2) is 9.79 Å². The molecule has 0 aliphatic heterocycles. The molecule has 6 nitrogen and oxygen atoms in total. The Hall–Kier alpha value is -3.28. The number of ether oxygens (including phenoxy) is 2. The molecule has 0 spiro atoms. The highest BCUT2D eigenvalue weighted by molar-refractivity contribution is 5.63. The third kappa shape index (κ3) is 3.71. The quantitative estimate of drug-likeness (QED) is 0.754. The van der Waals surface area contributed by atoms with Crippen LogP contribution in [0.15, 0.2) is 46.2 Å². The maximum absolute atomic E-state index is 12.5. The van der Waals surface area contributed by atoms with E-state index in [1.807, 2.05) is 38.1 Å². The molecule has 0 bridgehead atoms. The summed E-state index contributed by atoms with van der Waals surface area (Å²) in [5.74, 6) is 1.23. The maximum atomic E-state index is 12.5. The van der Waals surface area contributed by atoms with Crippen LogP contribution in [0.1, 0.15) is 16.7 Å². The van der Waals surface area contributed by atoms with Crippen molar-refractivity contribution in [3.8, 4) is 22.8 Å². The van der Waals surface area contributed by atoms with Crippen molar-refractivity contribution in [1.82, 2.24) is 9.55 Å². The fourth-order valence-electron chi connectivity index (χ4n) is 3.29. The Labute approximate surface area is 164 Å². The van der Waals surface area contributed by atoms with Crippen molar-refractivity contribution in [1.29, 1.82) is 0 Å². The highest BCUT2D eigenvalue weighted by Crippen LogP contribution is 2.31. The van der Waals surface area contributed by atoms with Crippen LogP contribution in [0.2, 0.25) is 0 Å². The smallest absolute Gasteiger partial charge is 0.327 e. The van der Waals surface area contributed by atoms with Gasteiger partial charge in [-0.2, -0.15) is 0 Å². The average Bonchev–Trinajstić information content (AvgIpc) is 2.66. The van der Waals surface area contributed by atoms with Gasteiger partial charge in [0.2, 0.25) is 0 Å². The molecule has 0 atom stereocenters. The van der Waals surface area contributed by atoms with Gasteiger partial charge in [0.05, 0.1) is 25.6 Å². The number of nitrogens with one attached hydrogen (secondary N) is 1. The number of methoxy groups -OCH3 is 2.